The topological polar surface area (TPSA) is 135 Å². The van der Waals surface area contributed by atoms with Crippen LogP contribution in [0.1, 0.15) is 22.2 Å². The highest BCUT2D eigenvalue weighted by Crippen LogP contribution is 2.43. The summed E-state index contributed by atoms with van der Waals surface area (Å²) in [6.07, 6.45) is 0. The lowest BCUT2D eigenvalue weighted by molar-refractivity contribution is -0.479. The van der Waals surface area contributed by atoms with E-state index in [9.17, 15) is 24.6 Å². The van der Waals surface area contributed by atoms with E-state index in [2.05, 4.69) is 26.1 Å². The third-order valence-corrected chi connectivity index (χ3v) is 7.34. The first kappa shape index (κ1) is 28.0. The van der Waals surface area contributed by atoms with Crippen molar-refractivity contribution in [3.05, 3.63) is 108 Å². The van der Waals surface area contributed by atoms with Crippen molar-refractivity contribution in [3.63, 3.8) is 0 Å². The molecule has 0 fully saturated rings. The van der Waals surface area contributed by atoms with E-state index in [-0.39, 0.29) is 12.3 Å². The monoisotopic (exact) mass is 617 g/mol. The van der Waals surface area contributed by atoms with Gasteiger partial charge in [-0.25, -0.2) is 4.39 Å². The molecule has 0 radical (unpaired) electrons. The number of non-ortho nitro benzene ring substituents is 1. The second-order valence-corrected chi connectivity index (χ2v) is 10.2. The van der Waals surface area contributed by atoms with Gasteiger partial charge in [-0.2, -0.15) is 0 Å². The molecular formula is C25H21BrFN5O6S. The summed E-state index contributed by atoms with van der Waals surface area (Å²) in [4.78, 5) is 21.8. The van der Waals surface area contributed by atoms with Crippen LogP contribution in [0.4, 0.5) is 10.1 Å². The Morgan fingerprint density at radius 2 is 1.85 bits per heavy atom. The van der Waals surface area contributed by atoms with Crippen molar-refractivity contribution in [1.82, 2.24) is 14.8 Å². The maximum atomic E-state index is 13.5. The Bertz CT molecular complexity index is 1520. The van der Waals surface area contributed by atoms with Gasteiger partial charge >= 0.3 is 0 Å². The Labute approximate surface area is 234 Å². The summed E-state index contributed by atoms with van der Waals surface area (Å²) in [7, 11) is 1.44. The zero-order valence-electron chi connectivity index (χ0n) is 20.6. The van der Waals surface area contributed by atoms with Gasteiger partial charge in [-0.3, -0.25) is 24.8 Å². The normalized spacial score (nSPS) is 11.7. The Hall–Kier alpha value is -4.04. The number of hydrogen-bond donors (Lipinski definition) is 0. The number of thioether (sulfide) groups is 1. The van der Waals surface area contributed by atoms with Crippen molar-refractivity contribution in [2.24, 2.45) is 0 Å². The molecule has 4 rings (SSSR count). The molecule has 0 bridgehead atoms. The van der Waals surface area contributed by atoms with Gasteiger partial charge in [0.1, 0.15) is 23.5 Å². The number of benzene rings is 3. The van der Waals surface area contributed by atoms with E-state index in [0.717, 1.165) is 11.8 Å². The van der Waals surface area contributed by atoms with E-state index in [0.29, 0.717) is 43.8 Å². The number of nitrogens with zero attached hydrogens (tertiary/aromatic N) is 5. The molecule has 1 atom stereocenters. The van der Waals surface area contributed by atoms with Gasteiger partial charge in [0.15, 0.2) is 16.7 Å². The Kier molecular flexibility index (Phi) is 8.76. The first-order chi connectivity index (χ1) is 18.7. The van der Waals surface area contributed by atoms with E-state index in [1.807, 2.05) is 0 Å². The van der Waals surface area contributed by atoms with E-state index < -0.39 is 27.5 Å². The van der Waals surface area contributed by atoms with Crippen molar-refractivity contribution >= 4 is 33.4 Å². The SMILES string of the molecule is COc1cc([C@@H](C[N+](=O)[O-])Sc2nnc(C)n2-c2ccc(F)cc2)cc(Br)c1OCc1cccc([N+](=O)[O-])c1. The molecule has 11 nitrogen and oxygen atoms in total. The summed E-state index contributed by atoms with van der Waals surface area (Å²) >= 11 is 4.61. The highest BCUT2D eigenvalue weighted by molar-refractivity contribution is 9.10. The van der Waals surface area contributed by atoms with Gasteiger partial charge in [0.2, 0.25) is 6.54 Å². The van der Waals surface area contributed by atoms with Crippen molar-refractivity contribution in [2.75, 3.05) is 13.7 Å². The molecule has 0 amide bonds. The molecule has 0 saturated carbocycles. The molecule has 1 heterocycles. The average molecular weight is 618 g/mol. The van der Waals surface area contributed by atoms with Crippen LogP contribution in [0, 0.1) is 33.0 Å². The zero-order valence-corrected chi connectivity index (χ0v) is 23.0. The summed E-state index contributed by atoms with van der Waals surface area (Å²) in [5.41, 5.74) is 1.71. The number of rotatable bonds is 11. The quantitative estimate of drug-likeness (QED) is 0.111. The molecule has 14 heteroatoms. The number of halogens is 2. The third-order valence-electron chi connectivity index (χ3n) is 5.57. The Balaban J connectivity index is 1.64. The summed E-state index contributed by atoms with van der Waals surface area (Å²) < 4.78 is 27.1. The van der Waals surface area contributed by atoms with Crippen molar-refractivity contribution in [1.29, 1.82) is 0 Å². The van der Waals surface area contributed by atoms with Gasteiger partial charge < -0.3 is 9.47 Å². The molecule has 39 heavy (non-hydrogen) atoms. The number of aromatic nitrogens is 3. The predicted molar refractivity (Wildman–Crippen MR) is 145 cm³/mol. The predicted octanol–water partition coefficient (Wildman–Crippen LogP) is 6.08. The molecule has 0 spiro atoms. The van der Waals surface area contributed by atoms with Gasteiger partial charge in [0.25, 0.3) is 5.69 Å². The minimum atomic E-state index is -0.696. The van der Waals surface area contributed by atoms with Crippen molar-refractivity contribution < 1.29 is 23.7 Å². The van der Waals surface area contributed by atoms with Gasteiger partial charge in [-0.05, 0) is 70.4 Å². The van der Waals surface area contributed by atoms with Crippen LogP contribution >= 0.6 is 27.7 Å². The molecule has 0 aliphatic rings. The van der Waals surface area contributed by atoms with Crippen LogP contribution in [-0.2, 0) is 6.61 Å². The van der Waals surface area contributed by atoms with E-state index in [1.54, 1.807) is 47.9 Å². The second-order valence-electron chi connectivity index (χ2n) is 8.21. The number of aryl methyl sites for hydroxylation is 1. The number of nitro benzene ring substituents is 1. The fourth-order valence-electron chi connectivity index (χ4n) is 3.76. The number of hydrogen-bond acceptors (Lipinski definition) is 9. The maximum absolute atomic E-state index is 13.5. The lowest BCUT2D eigenvalue weighted by Gasteiger charge is -2.18. The minimum Gasteiger partial charge on any atom is -0.493 e. The Morgan fingerprint density at radius 1 is 1.10 bits per heavy atom. The lowest BCUT2D eigenvalue weighted by atomic mass is 10.1. The molecule has 4 aromatic rings. The van der Waals surface area contributed by atoms with Gasteiger partial charge in [-0.1, -0.05) is 23.9 Å². The summed E-state index contributed by atoms with van der Waals surface area (Å²) in [6.45, 7) is 1.34. The highest BCUT2D eigenvalue weighted by Gasteiger charge is 2.26. The number of ether oxygens (including phenoxy) is 2. The van der Waals surface area contributed by atoms with E-state index in [1.165, 1.54) is 31.4 Å². The van der Waals surface area contributed by atoms with Crippen LogP contribution in [-0.4, -0.2) is 38.3 Å². The fourth-order valence-corrected chi connectivity index (χ4v) is 5.49. The highest BCUT2D eigenvalue weighted by atomic mass is 79.9. The average Bonchev–Trinajstić information content (AvgIpc) is 3.27. The van der Waals surface area contributed by atoms with Crippen molar-refractivity contribution in [3.8, 4) is 17.2 Å². The van der Waals surface area contributed by atoms with Crippen LogP contribution < -0.4 is 9.47 Å². The van der Waals surface area contributed by atoms with Crippen LogP contribution in [0.25, 0.3) is 5.69 Å². The Morgan fingerprint density at radius 3 is 2.51 bits per heavy atom. The second kappa shape index (κ2) is 12.2. The largest absolute Gasteiger partial charge is 0.493 e. The van der Waals surface area contributed by atoms with Crippen LogP contribution in [0.15, 0.2) is 70.3 Å². The fraction of sp³-hybridized carbons (Fsp3) is 0.200. The zero-order chi connectivity index (χ0) is 28.1. The molecule has 3 aromatic carbocycles. The summed E-state index contributed by atoms with van der Waals surface area (Å²) in [5.74, 6) is 0.792. The molecule has 202 valence electrons. The number of methoxy groups -OCH3 is 1. The van der Waals surface area contributed by atoms with Gasteiger partial charge in [-0.15, -0.1) is 10.2 Å². The minimum absolute atomic E-state index is 0.0309. The van der Waals surface area contributed by atoms with Crippen LogP contribution in [0.3, 0.4) is 0 Å². The first-order valence-electron chi connectivity index (χ1n) is 11.4. The van der Waals surface area contributed by atoms with Crippen LogP contribution in [0.5, 0.6) is 11.5 Å². The van der Waals surface area contributed by atoms with Gasteiger partial charge in [0, 0.05) is 22.7 Å². The molecule has 0 N–H and O–H groups in total. The van der Waals surface area contributed by atoms with Crippen molar-refractivity contribution in [2.45, 2.75) is 23.9 Å². The van der Waals surface area contributed by atoms with E-state index in [4.69, 9.17) is 9.47 Å². The van der Waals surface area contributed by atoms with E-state index >= 15 is 0 Å². The third kappa shape index (κ3) is 6.70. The molecule has 0 saturated heterocycles. The van der Waals surface area contributed by atoms with Gasteiger partial charge in [0.05, 0.1) is 16.5 Å². The summed E-state index contributed by atoms with van der Waals surface area (Å²) in [5, 5.41) is 30.7. The molecule has 0 aliphatic carbocycles. The van der Waals surface area contributed by atoms with Crippen LogP contribution in [0.2, 0.25) is 0 Å². The smallest absolute Gasteiger partial charge is 0.269 e. The molecular weight excluding hydrogens is 597 g/mol. The molecule has 0 aliphatic heterocycles. The molecule has 1 aromatic heterocycles. The maximum Gasteiger partial charge on any atom is 0.269 e. The standard InChI is InChI=1S/C25H21BrFN5O6S/c1-15-28-29-25(31(15)19-8-6-18(27)7-9-19)39-23(13-30(33)34)17-11-21(26)24(22(12-17)37-2)38-14-16-4-3-5-20(10-16)32(35)36/h3-12,23H,13-14H2,1-2H3/t23-/m1/s1. The summed E-state index contributed by atoms with van der Waals surface area (Å²) in [6, 6.07) is 15.2. The lowest BCUT2D eigenvalue weighted by Crippen LogP contribution is -2.12. The number of nitro groups is 2. The molecule has 0 unspecified atom stereocenters. The first-order valence-corrected chi connectivity index (χ1v) is 13.0.